The summed E-state index contributed by atoms with van der Waals surface area (Å²) in [7, 11) is 0. The Morgan fingerprint density at radius 1 is 1.00 bits per heavy atom. The van der Waals surface area contributed by atoms with E-state index in [9.17, 15) is 9.90 Å². The van der Waals surface area contributed by atoms with Gasteiger partial charge in [0.05, 0.1) is 5.92 Å². The van der Waals surface area contributed by atoms with Crippen molar-refractivity contribution in [2.45, 2.75) is 19.8 Å². The van der Waals surface area contributed by atoms with Crippen LogP contribution in [0.3, 0.4) is 0 Å². The second kappa shape index (κ2) is 8.04. The van der Waals surface area contributed by atoms with Crippen LogP contribution in [0.2, 0.25) is 0 Å². The molecule has 0 bridgehead atoms. The van der Waals surface area contributed by atoms with E-state index in [1.165, 1.54) is 11.3 Å². The summed E-state index contributed by atoms with van der Waals surface area (Å²) in [5.41, 5.74) is 2.55. The van der Waals surface area contributed by atoms with Gasteiger partial charge in [-0.2, -0.15) is 4.98 Å². The van der Waals surface area contributed by atoms with Crippen molar-refractivity contribution in [2.75, 3.05) is 54.0 Å². The summed E-state index contributed by atoms with van der Waals surface area (Å²) in [6.45, 7) is 7.25. The fourth-order valence-corrected chi connectivity index (χ4v) is 4.01. The molecule has 7 heteroatoms. The fraction of sp³-hybridized carbons (Fsp3) is 0.476. The van der Waals surface area contributed by atoms with E-state index in [4.69, 9.17) is 4.98 Å². The van der Waals surface area contributed by atoms with E-state index in [2.05, 4.69) is 50.9 Å². The summed E-state index contributed by atoms with van der Waals surface area (Å²) in [5.74, 6) is 0.749. The highest BCUT2D eigenvalue weighted by atomic mass is 16.4. The number of carboxylic acids is 1. The van der Waals surface area contributed by atoms with Gasteiger partial charge in [0.25, 0.3) is 0 Å². The van der Waals surface area contributed by atoms with Gasteiger partial charge in [-0.1, -0.05) is 12.1 Å². The maximum absolute atomic E-state index is 11.2. The van der Waals surface area contributed by atoms with Gasteiger partial charge < -0.3 is 19.8 Å². The Kier molecular flexibility index (Phi) is 5.32. The van der Waals surface area contributed by atoms with Gasteiger partial charge in [-0.05, 0) is 43.5 Å². The Morgan fingerprint density at radius 3 is 2.39 bits per heavy atom. The Hall–Kier alpha value is -2.83. The van der Waals surface area contributed by atoms with E-state index in [1.807, 2.05) is 12.3 Å². The van der Waals surface area contributed by atoms with Gasteiger partial charge in [0.2, 0.25) is 5.95 Å². The quantitative estimate of drug-likeness (QED) is 0.872. The number of piperidine rings is 1. The summed E-state index contributed by atoms with van der Waals surface area (Å²) in [5, 5.41) is 9.17. The third-order valence-electron chi connectivity index (χ3n) is 5.73. The van der Waals surface area contributed by atoms with Gasteiger partial charge in [0.1, 0.15) is 5.82 Å². The minimum Gasteiger partial charge on any atom is -0.481 e. The van der Waals surface area contributed by atoms with E-state index in [1.54, 1.807) is 0 Å². The van der Waals surface area contributed by atoms with Gasteiger partial charge in [-0.3, -0.25) is 4.79 Å². The Balaban J connectivity index is 1.38. The van der Waals surface area contributed by atoms with Crippen molar-refractivity contribution < 1.29 is 9.90 Å². The highest BCUT2D eigenvalue weighted by Gasteiger charge is 2.26. The number of carboxylic acid groups (broad SMARTS) is 1. The number of aromatic nitrogens is 2. The standard InChI is InChI=1S/C21H27N5O2/c1-16-3-2-4-18(15-16)24-11-13-26(14-12-24)21-22-8-5-19(23-21)25-9-6-17(7-10-25)20(27)28/h2-5,8,15,17H,6-7,9-14H2,1H3,(H,27,28). The molecule has 2 aromatic rings. The smallest absolute Gasteiger partial charge is 0.306 e. The summed E-state index contributed by atoms with van der Waals surface area (Å²) < 4.78 is 0. The molecule has 0 saturated carbocycles. The number of hydrogen-bond acceptors (Lipinski definition) is 6. The van der Waals surface area contributed by atoms with E-state index >= 15 is 0 Å². The first-order valence-corrected chi connectivity index (χ1v) is 9.97. The van der Waals surface area contributed by atoms with E-state index in [0.29, 0.717) is 12.8 Å². The number of nitrogens with zero attached hydrogens (tertiary/aromatic N) is 5. The summed E-state index contributed by atoms with van der Waals surface area (Å²) >= 11 is 0. The summed E-state index contributed by atoms with van der Waals surface area (Å²) in [4.78, 5) is 27.2. The van der Waals surface area contributed by atoms with Gasteiger partial charge in [0, 0.05) is 51.2 Å². The van der Waals surface area contributed by atoms with Gasteiger partial charge >= 0.3 is 5.97 Å². The molecule has 4 rings (SSSR count). The molecule has 1 N–H and O–H groups in total. The zero-order chi connectivity index (χ0) is 19.5. The lowest BCUT2D eigenvalue weighted by molar-refractivity contribution is -0.142. The van der Waals surface area contributed by atoms with Gasteiger partial charge in [0.15, 0.2) is 0 Å². The average Bonchev–Trinajstić information content (AvgIpc) is 2.74. The van der Waals surface area contributed by atoms with Crippen LogP contribution in [0.1, 0.15) is 18.4 Å². The van der Waals surface area contributed by atoms with Crippen LogP contribution in [0.25, 0.3) is 0 Å². The average molecular weight is 381 g/mol. The molecule has 0 amide bonds. The summed E-state index contributed by atoms with van der Waals surface area (Å²) in [6, 6.07) is 10.6. The highest BCUT2D eigenvalue weighted by molar-refractivity contribution is 5.70. The molecule has 2 fully saturated rings. The van der Waals surface area contributed by atoms with Crippen LogP contribution in [0.5, 0.6) is 0 Å². The Morgan fingerprint density at radius 2 is 1.71 bits per heavy atom. The van der Waals surface area contributed by atoms with Crippen molar-refractivity contribution >= 4 is 23.4 Å². The maximum atomic E-state index is 11.2. The molecular weight excluding hydrogens is 354 g/mol. The first kappa shape index (κ1) is 18.5. The lowest BCUT2D eigenvalue weighted by atomic mass is 9.97. The van der Waals surface area contributed by atoms with Gasteiger partial charge in [-0.25, -0.2) is 4.98 Å². The number of rotatable bonds is 4. The normalized spacial score (nSPS) is 18.4. The fourth-order valence-electron chi connectivity index (χ4n) is 4.01. The van der Waals surface area contributed by atoms with Crippen molar-refractivity contribution in [3.8, 4) is 0 Å². The second-order valence-corrected chi connectivity index (χ2v) is 7.63. The molecule has 0 spiro atoms. The molecule has 1 aromatic heterocycles. The Labute approximate surface area is 165 Å². The van der Waals surface area contributed by atoms with Crippen molar-refractivity contribution in [2.24, 2.45) is 5.92 Å². The molecule has 0 unspecified atom stereocenters. The predicted octanol–water partition coefficient (Wildman–Crippen LogP) is 2.41. The van der Waals surface area contributed by atoms with E-state index in [-0.39, 0.29) is 5.92 Å². The van der Waals surface area contributed by atoms with E-state index < -0.39 is 5.97 Å². The first-order chi connectivity index (χ1) is 13.6. The predicted molar refractivity (Wildman–Crippen MR) is 110 cm³/mol. The molecule has 0 aliphatic carbocycles. The van der Waals surface area contributed by atoms with Gasteiger partial charge in [-0.15, -0.1) is 0 Å². The zero-order valence-corrected chi connectivity index (χ0v) is 16.3. The zero-order valence-electron chi connectivity index (χ0n) is 16.3. The SMILES string of the molecule is Cc1cccc(N2CCN(c3nccc(N4CCC(C(=O)O)CC4)n3)CC2)c1. The molecule has 2 aliphatic rings. The lowest BCUT2D eigenvalue weighted by Crippen LogP contribution is -2.47. The third kappa shape index (κ3) is 4.03. The van der Waals surface area contributed by atoms with Crippen LogP contribution in [-0.2, 0) is 4.79 Å². The minimum atomic E-state index is -0.686. The Bertz CT molecular complexity index is 827. The third-order valence-corrected chi connectivity index (χ3v) is 5.73. The van der Waals surface area contributed by atoms with Crippen molar-refractivity contribution in [1.82, 2.24) is 9.97 Å². The largest absolute Gasteiger partial charge is 0.481 e. The molecule has 2 saturated heterocycles. The van der Waals surface area contributed by atoms with Crippen LogP contribution in [0.15, 0.2) is 36.5 Å². The number of piperazine rings is 1. The van der Waals surface area contributed by atoms with Crippen molar-refractivity contribution in [3.63, 3.8) is 0 Å². The van der Waals surface area contributed by atoms with Crippen LogP contribution in [-0.4, -0.2) is 60.3 Å². The number of aryl methyl sites for hydroxylation is 1. The number of hydrogen-bond donors (Lipinski definition) is 1. The minimum absolute atomic E-state index is 0.229. The van der Waals surface area contributed by atoms with E-state index in [0.717, 1.165) is 51.0 Å². The van der Waals surface area contributed by atoms with Crippen molar-refractivity contribution in [3.05, 3.63) is 42.1 Å². The van der Waals surface area contributed by atoms with Crippen LogP contribution < -0.4 is 14.7 Å². The maximum Gasteiger partial charge on any atom is 0.306 e. The first-order valence-electron chi connectivity index (χ1n) is 9.97. The molecule has 2 aliphatic heterocycles. The molecule has 1 aromatic carbocycles. The second-order valence-electron chi connectivity index (χ2n) is 7.63. The van der Waals surface area contributed by atoms with Crippen LogP contribution in [0.4, 0.5) is 17.5 Å². The number of benzene rings is 1. The molecule has 7 nitrogen and oxygen atoms in total. The topological polar surface area (TPSA) is 72.8 Å². The van der Waals surface area contributed by atoms with Crippen LogP contribution >= 0.6 is 0 Å². The lowest BCUT2D eigenvalue weighted by Gasteiger charge is -2.37. The highest BCUT2D eigenvalue weighted by Crippen LogP contribution is 2.24. The molecule has 148 valence electrons. The summed E-state index contributed by atoms with van der Waals surface area (Å²) in [6.07, 6.45) is 3.15. The molecule has 3 heterocycles. The molecule has 0 atom stereocenters. The van der Waals surface area contributed by atoms with Crippen LogP contribution in [0, 0.1) is 12.8 Å². The molecule has 0 radical (unpaired) electrons. The number of carbonyl (C=O) groups is 1. The molecule has 28 heavy (non-hydrogen) atoms. The number of aliphatic carboxylic acids is 1. The monoisotopic (exact) mass is 381 g/mol. The molecular formula is C21H27N5O2. The van der Waals surface area contributed by atoms with Crippen molar-refractivity contribution in [1.29, 1.82) is 0 Å². The number of anilines is 3.